The van der Waals surface area contributed by atoms with Crippen LogP contribution in [0, 0.1) is 0 Å². The largest absolute Gasteiger partial charge is 0.480 e. The molecule has 1 rings (SSSR count). The van der Waals surface area contributed by atoms with Crippen molar-refractivity contribution in [2.24, 2.45) is 5.73 Å². The Kier molecular flexibility index (Phi) is 4.59. The zero-order valence-electron chi connectivity index (χ0n) is 9.61. The third kappa shape index (κ3) is 3.74. The van der Waals surface area contributed by atoms with Crippen molar-refractivity contribution < 1.29 is 28.2 Å². The summed E-state index contributed by atoms with van der Waals surface area (Å²) < 4.78 is 25.4. The van der Waals surface area contributed by atoms with Gasteiger partial charge in [0.2, 0.25) is 15.9 Å². The zero-order valence-corrected chi connectivity index (χ0v) is 10.4. The summed E-state index contributed by atoms with van der Waals surface area (Å²) in [6.45, 7) is -0.881. The van der Waals surface area contributed by atoms with Crippen LogP contribution in [0.25, 0.3) is 0 Å². The minimum atomic E-state index is -4.10. The maximum Gasteiger partial charge on any atom is 0.324 e. The number of nitrogens with one attached hydrogen (secondary N) is 1. The van der Waals surface area contributed by atoms with Crippen molar-refractivity contribution in [1.29, 1.82) is 0 Å². The van der Waals surface area contributed by atoms with E-state index >= 15 is 0 Å². The normalized spacial score (nSPS) is 12.9. The lowest BCUT2D eigenvalue weighted by molar-refractivity contribution is -0.139. The second-order valence-electron chi connectivity index (χ2n) is 3.58. The molecule has 1 unspecified atom stereocenters. The second kappa shape index (κ2) is 5.78. The Morgan fingerprint density at radius 2 is 1.79 bits per heavy atom. The van der Waals surface area contributed by atoms with Crippen LogP contribution in [0.15, 0.2) is 29.2 Å². The van der Waals surface area contributed by atoms with Crippen molar-refractivity contribution in [3.8, 4) is 0 Å². The lowest BCUT2D eigenvalue weighted by Crippen LogP contribution is -2.43. The Bertz CT molecular complexity index is 581. The first kappa shape index (κ1) is 15.1. The van der Waals surface area contributed by atoms with Crippen molar-refractivity contribution in [3.05, 3.63) is 29.8 Å². The summed E-state index contributed by atoms with van der Waals surface area (Å²) in [6, 6.07) is 2.98. The van der Waals surface area contributed by atoms with E-state index in [0.717, 1.165) is 12.1 Å². The second-order valence-corrected chi connectivity index (χ2v) is 5.30. The van der Waals surface area contributed by atoms with Crippen LogP contribution in [0.3, 0.4) is 0 Å². The number of aliphatic hydroxyl groups excluding tert-OH is 1. The van der Waals surface area contributed by atoms with Crippen LogP contribution >= 0.6 is 0 Å². The van der Waals surface area contributed by atoms with E-state index in [0.29, 0.717) is 0 Å². The molecule has 5 N–H and O–H groups in total. The van der Waals surface area contributed by atoms with Crippen LogP contribution in [-0.2, 0) is 14.8 Å². The molecule has 0 radical (unpaired) electrons. The van der Waals surface area contributed by atoms with Crippen molar-refractivity contribution in [1.82, 2.24) is 4.72 Å². The zero-order chi connectivity index (χ0) is 14.6. The monoisotopic (exact) mass is 288 g/mol. The fraction of sp³-hybridized carbons (Fsp3) is 0.200. The molecule has 1 amide bonds. The van der Waals surface area contributed by atoms with Gasteiger partial charge in [0.25, 0.3) is 0 Å². The first-order valence-electron chi connectivity index (χ1n) is 5.04. The molecule has 1 atom stereocenters. The van der Waals surface area contributed by atoms with Crippen LogP contribution in [0.2, 0.25) is 0 Å². The summed E-state index contributed by atoms with van der Waals surface area (Å²) in [6.07, 6.45) is 0. The third-order valence-electron chi connectivity index (χ3n) is 2.23. The van der Waals surface area contributed by atoms with Gasteiger partial charge in [-0.25, -0.2) is 8.42 Å². The highest BCUT2D eigenvalue weighted by Gasteiger charge is 2.24. The van der Waals surface area contributed by atoms with Gasteiger partial charge in [0.15, 0.2) is 0 Å². The molecule has 0 bridgehead atoms. The van der Waals surface area contributed by atoms with Gasteiger partial charge in [-0.2, -0.15) is 4.72 Å². The molecule has 0 aromatic heterocycles. The van der Waals surface area contributed by atoms with Crippen LogP contribution in [0.5, 0.6) is 0 Å². The fourth-order valence-corrected chi connectivity index (χ4v) is 2.40. The highest BCUT2D eigenvalue weighted by atomic mass is 32.2. The van der Waals surface area contributed by atoms with E-state index in [-0.39, 0.29) is 10.5 Å². The van der Waals surface area contributed by atoms with Gasteiger partial charge < -0.3 is 15.9 Å². The summed E-state index contributed by atoms with van der Waals surface area (Å²) in [5.41, 5.74) is 5.12. The number of nitrogens with two attached hydrogens (primary N) is 1. The number of hydrogen-bond acceptors (Lipinski definition) is 5. The molecule has 104 valence electrons. The molecular weight excluding hydrogens is 276 g/mol. The molecule has 0 saturated heterocycles. The predicted molar refractivity (Wildman–Crippen MR) is 63.8 cm³/mol. The Balaban J connectivity index is 3.00. The van der Waals surface area contributed by atoms with Crippen LogP contribution in [0.4, 0.5) is 0 Å². The molecule has 0 fully saturated rings. The summed E-state index contributed by atoms with van der Waals surface area (Å²) in [4.78, 5) is 21.2. The van der Waals surface area contributed by atoms with Gasteiger partial charge in [-0.3, -0.25) is 9.59 Å². The number of carboxylic acids is 1. The number of amides is 1. The number of sulfonamides is 1. The lowest BCUT2D eigenvalue weighted by Gasteiger charge is -2.12. The number of benzene rings is 1. The van der Waals surface area contributed by atoms with Crippen molar-refractivity contribution >= 4 is 21.9 Å². The molecule has 9 heteroatoms. The molecule has 0 saturated carbocycles. The van der Waals surface area contributed by atoms with Gasteiger partial charge >= 0.3 is 5.97 Å². The van der Waals surface area contributed by atoms with Crippen molar-refractivity contribution in [3.63, 3.8) is 0 Å². The van der Waals surface area contributed by atoms with E-state index in [4.69, 9.17) is 15.9 Å². The molecular formula is C10H12N2O6S. The molecule has 0 spiro atoms. The van der Waals surface area contributed by atoms with Crippen LogP contribution < -0.4 is 10.5 Å². The van der Waals surface area contributed by atoms with Gasteiger partial charge in [-0.05, 0) is 24.3 Å². The maximum absolute atomic E-state index is 11.8. The Hall–Kier alpha value is -1.97. The van der Waals surface area contributed by atoms with Crippen molar-refractivity contribution in [2.45, 2.75) is 10.9 Å². The molecule has 0 aliphatic rings. The molecule has 0 heterocycles. The van der Waals surface area contributed by atoms with Crippen LogP contribution in [-0.4, -0.2) is 43.2 Å². The fourth-order valence-electron chi connectivity index (χ4n) is 1.22. The highest BCUT2D eigenvalue weighted by molar-refractivity contribution is 7.89. The molecule has 1 aromatic rings. The standard InChI is InChI=1S/C10H12N2O6S/c11-9(14)6-1-3-7(4-2-6)19(17,18)12-8(5-13)10(15)16/h1-4,8,12-13H,5H2,(H2,11,14)(H,15,16). The van der Waals surface area contributed by atoms with E-state index in [1.807, 2.05) is 4.72 Å². The van der Waals surface area contributed by atoms with E-state index in [1.54, 1.807) is 0 Å². The number of carbonyl (C=O) groups is 2. The Morgan fingerprint density at radius 3 is 2.16 bits per heavy atom. The van der Waals surface area contributed by atoms with Gasteiger partial charge in [-0.15, -0.1) is 0 Å². The number of carboxylic acid groups (broad SMARTS) is 1. The summed E-state index contributed by atoms with van der Waals surface area (Å²) in [7, 11) is -4.10. The van der Waals surface area contributed by atoms with Gasteiger partial charge in [0.05, 0.1) is 11.5 Å². The molecule has 19 heavy (non-hydrogen) atoms. The molecule has 1 aromatic carbocycles. The SMILES string of the molecule is NC(=O)c1ccc(S(=O)(=O)NC(CO)C(=O)O)cc1. The average Bonchev–Trinajstić information content (AvgIpc) is 2.35. The summed E-state index contributed by atoms with van der Waals surface area (Å²) >= 11 is 0. The first-order valence-corrected chi connectivity index (χ1v) is 6.52. The van der Waals surface area contributed by atoms with Gasteiger partial charge in [0, 0.05) is 5.56 Å². The number of carbonyl (C=O) groups excluding carboxylic acids is 1. The minimum absolute atomic E-state index is 0.121. The minimum Gasteiger partial charge on any atom is -0.480 e. The Morgan fingerprint density at radius 1 is 1.26 bits per heavy atom. The van der Waals surface area contributed by atoms with Gasteiger partial charge in [0.1, 0.15) is 6.04 Å². The highest BCUT2D eigenvalue weighted by Crippen LogP contribution is 2.10. The molecule has 0 aliphatic heterocycles. The summed E-state index contributed by atoms with van der Waals surface area (Å²) in [5.74, 6) is -2.21. The Labute approximate surface area is 108 Å². The average molecular weight is 288 g/mol. The van der Waals surface area contributed by atoms with Gasteiger partial charge in [-0.1, -0.05) is 0 Å². The van der Waals surface area contributed by atoms with Crippen LogP contribution in [0.1, 0.15) is 10.4 Å². The maximum atomic E-state index is 11.8. The van der Waals surface area contributed by atoms with Crippen molar-refractivity contribution in [2.75, 3.05) is 6.61 Å². The predicted octanol–water partition coefficient (Wildman–Crippen LogP) is -1.49. The number of aliphatic hydroxyl groups is 1. The summed E-state index contributed by atoms with van der Waals surface area (Å²) in [5, 5.41) is 17.4. The number of rotatable bonds is 6. The smallest absolute Gasteiger partial charge is 0.324 e. The topological polar surface area (TPSA) is 147 Å². The number of aliphatic carboxylic acids is 1. The molecule has 0 aliphatic carbocycles. The third-order valence-corrected chi connectivity index (χ3v) is 3.71. The first-order chi connectivity index (χ1) is 8.77. The lowest BCUT2D eigenvalue weighted by atomic mass is 10.2. The van der Waals surface area contributed by atoms with E-state index in [2.05, 4.69) is 0 Å². The molecule has 8 nitrogen and oxygen atoms in total. The number of primary amides is 1. The van der Waals surface area contributed by atoms with E-state index in [1.165, 1.54) is 12.1 Å². The van der Waals surface area contributed by atoms with E-state index in [9.17, 15) is 18.0 Å². The van der Waals surface area contributed by atoms with E-state index < -0.39 is 34.5 Å². The number of hydrogen-bond donors (Lipinski definition) is 4. The quantitative estimate of drug-likeness (QED) is 0.501.